The van der Waals surface area contributed by atoms with Crippen molar-refractivity contribution < 1.29 is 19.1 Å². The first kappa shape index (κ1) is 21.5. The minimum Gasteiger partial charge on any atom is -0.489 e. The van der Waals surface area contributed by atoms with E-state index in [1.807, 2.05) is 78.9 Å². The highest BCUT2D eigenvalue weighted by atomic mass is 79.9. The average Bonchev–Trinajstić information content (AvgIpc) is 3.15. The molecule has 1 amide bonds. The van der Waals surface area contributed by atoms with Gasteiger partial charge in [0.05, 0.1) is 13.2 Å². The Morgan fingerprint density at radius 1 is 1.03 bits per heavy atom. The van der Waals surface area contributed by atoms with Crippen LogP contribution in [-0.4, -0.2) is 23.6 Å². The van der Waals surface area contributed by atoms with Crippen molar-refractivity contribution in [1.82, 2.24) is 0 Å². The van der Waals surface area contributed by atoms with Gasteiger partial charge in [-0.1, -0.05) is 70.5 Å². The molecule has 0 unspecified atom stereocenters. The lowest BCUT2D eigenvalue weighted by molar-refractivity contribution is -0.140. The zero-order valence-electron chi connectivity index (χ0n) is 16.7. The molecule has 0 radical (unpaired) electrons. The summed E-state index contributed by atoms with van der Waals surface area (Å²) in [5.41, 5.74) is 2.49. The second-order valence-corrected chi connectivity index (χ2v) is 8.94. The first-order valence-electron chi connectivity index (χ1n) is 9.67. The second-order valence-electron chi connectivity index (χ2n) is 6.93. The number of hydrogen-bond acceptors (Lipinski definition) is 5. The van der Waals surface area contributed by atoms with Crippen molar-refractivity contribution in [3.63, 3.8) is 0 Å². The van der Waals surface area contributed by atoms with E-state index in [1.54, 1.807) is 4.90 Å². The number of halogens is 1. The minimum absolute atomic E-state index is 0.205. The maximum absolute atomic E-state index is 13.0. The number of carbonyl (C=O) groups excluding carboxylic acids is 2. The standard InChI is InChI=1S/C24H20BrNO4S/c1-29-23(27)22-21(26(24(28)31-22)18-10-6-3-7-11-18)19-13-12-17(25)14-20(19)30-15-16-8-4-2-5-9-16/h2-14,21-22H,15H2,1H3/t21-,22+/m1/s1. The van der Waals surface area contributed by atoms with Gasteiger partial charge in [0.2, 0.25) is 0 Å². The number of rotatable bonds is 6. The van der Waals surface area contributed by atoms with Crippen molar-refractivity contribution in [1.29, 1.82) is 0 Å². The van der Waals surface area contributed by atoms with Gasteiger partial charge in [-0.15, -0.1) is 0 Å². The van der Waals surface area contributed by atoms with Crippen LogP contribution >= 0.6 is 27.7 Å². The topological polar surface area (TPSA) is 55.8 Å². The zero-order valence-corrected chi connectivity index (χ0v) is 19.1. The minimum atomic E-state index is -0.710. The van der Waals surface area contributed by atoms with Crippen LogP contribution in [0.3, 0.4) is 0 Å². The fraction of sp³-hybridized carbons (Fsp3) is 0.167. The van der Waals surface area contributed by atoms with Gasteiger partial charge in [-0.05, 0) is 41.6 Å². The van der Waals surface area contributed by atoms with E-state index in [2.05, 4.69) is 15.9 Å². The maximum Gasteiger partial charge on any atom is 0.321 e. The van der Waals surface area contributed by atoms with Crippen LogP contribution in [0.15, 0.2) is 83.3 Å². The molecule has 0 spiro atoms. The summed E-state index contributed by atoms with van der Waals surface area (Å²) in [6, 6.07) is 24.2. The van der Waals surface area contributed by atoms with Crippen LogP contribution in [-0.2, 0) is 16.1 Å². The van der Waals surface area contributed by atoms with E-state index < -0.39 is 17.3 Å². The molecule has 7 heteroatoms. The van der Waals surface area contributed by atoms with Gasteiger partial charge in [0.25, 0.3) is 5.24 Å². The van der Waals surface area contributed by atoms with E-state index in [0.717, 1.165) is 27.4 Å². The molecule has 0 saturated carbocycles. The van der Waals surface area contributed by atoms with Crippen LogP contribution in [0.1, 0.15) is 17.2 Å². The number of esters is 1. The first-order valence-corrected chi connectivity index (χ1v) is 11.3. The zero-order chi connectivity index (χ0) is 21.8. The molecule has 0 aliphatic carbocycles. The van der Waals surface area contributed by atoms with Crippen LogP contribution < -0.4 is 9.64 Å². The average molecular weight is 498 g/mol. The molecule has 1 aliphatic heterocycles. The summed E-state index contributed by atoms with van der Waals surface area (Å²) in [5.74, 6) is 0.159. The van der Waals surface area contributed by atoms with Crippen LogP contribution in [0.2, 0.25) is 0 Å². The summed E-state index contributed by atoms with van der Waals surface area (Å²) in [6.45, 7) is 0.367. The lowest BCUT2D eigenvalue weighted by Gasteiger charge is -2.28. The van der Waals surface area contributed by atoms with Gasteiger partial charge in [-0.25, -0.2) is 0 Å². The Labute approximate surface area is 193 Å². The lowest BCUT2D eigenvalue weighted by Crippen LogP contribution is -2.33. The molecule has 1 aliphatic rings. The molecule has 1 heterocycles. The number of thioether (sulfide) groups is 1. The van der Waals surface area contributed by atoms with Gasteiger partial charge in [0.15, 0.2) is 0 Å². The third kappa shape index (κ3) is 4.62. The molecule has 0 N–H and O–H groups in total. The fourth-order valence-corrected chi connectivity index (χ4v) is 5.02. The number of methoxy groups -OCH3 is 1. The highest BCUT2D eigenvalue weighted by Crippen LogP contribution is 2.47. The van der Waals surface area contributed by atoms with Gasteiger partial charge >= 0.3 is 5.97 Å². The molecular formula is C24H20BrNO4S. The Balaban J connectivity index is 1.76. The molecule has 5 nitrogen and oxygen atoms in total. The number of benzene rings is 3. The Morgan fingerprint density at radius 2 is 1.71 bits per heavy atom. The van der Waals surface area contributed by atoms with E-state index in [1.165, 1.54) is 7.11 Å². The quantitative estimate of drug-likeness (QED) is 0.391. The number of anilines is 1. The molecule has 0 aromatic heterocycles. The third-order valence-electron chi connectivity index (χ3n) is 4.99. The van der Waals surface area contributed by atoms with E-state index in [-0.39, 0.29) is 5.24 Å². The van der Waals surface area contributed by atoms with Crippen LogP contribution in [0.25, 0.3) is 0 Å². The van der Waals surface area contributed by atoms with Gasteiger partial charge in [0.1, 0.15) is 17.6 Å². The summed E-state index contributed by atoms with van der Waals surface area (Å²) in [7, 11) is 1.34. The first-order chi connectivity index (χ1) is 15.1. The van der Waals surface area contributed by atoms with Gasteiger partial charge in [0, 0.05) is 15.7 Å². The molecule has 2 atom stereocenters. The summed E-state index contributed by atoms with van der Waals surface area (Å²) >= 11 is 4.48. The van der Waals surface area contributed by atoms with E-state index in [0.29, 0.717) is 18.0 Å². The van der Waals surface area contributed by atoms with Crippen molar-refractivity contribution >= 4 is 44.6 Å². The molecule has 3 aromatic rings. The summed E-state index contributed by atoms with van der Waals surface area (Å²) in [4.78, 5) is 27.2. The SMILES string of the molecule is COC(=O)[C@H]1SC(=O)N(c2ccccc2)[C@@H]1c1ccc(Br)cc1OCc1ccccc1. The van der Waals surface area contributed by atoms with Crippen molar-refractivity contribution in [2.24, 2.45) is 0 Å². The normalized spacial score (nSPS) is 18.1. The van der Waals surface area contributed by atoms with Gasteiger partial charge in [-0.3, -0.25) is 14.5 Å². The fourth-order valence-electron chi connectivity index (χ4n) is 3.54. The Morgan fingerprint density at radius 3 is 2.39 bits per heavy atom. The lowest BCUT2D eigenvalue weighted by atomic mass is 10.00. The number of amides is 1. The van der Waals surface area contributed by atoms with Crippen LogP contribution in [0, 0.1) is 0 Å². The summed E-state index contributed by atoms with van der Waals surface area (Å²) in [6.07, 6.45) is 0. The van der Waals surface area contributed by atoms with Gasteiger partial charge < -0.3 is 9.47 Å². The highest BCUT2D eigenvalue weighted by molar-refractivity contribution is 9.10. The monoisotopic (exact) mass is 497 g/mol. The van der Waals surface area contributed by atoms with E-state index in [4.69, 9.17) is 9.47 Å². The second kappa shape index (κ2) is 9.58. The van der Waals surface area contributed by atoms with Crippen molar-refractivity contribution in [3.8, 4) is 5.75 Å². The van der Waals surface area contributed by atoms with Crippen molar-refractivity contribution in [2.45, 2.75) is 17.9 Å². The van der Waals surface area contributed by atoms with E-state index >= 15 is 0 Å². The number of para-hydroxylation sites is 1. The molecule has 4 rings (SSSR count). The molecule has 0 bridgehead atoms. The number of nitrogens with zero attached hydrogens (tertiary/aromatic N) is 1. The molecular weight excluding hydrogens is 478 g/mol. The molecule has 3 aromatic carbocycles. The maximum atomic E-state index is 13.0. The van der Waals surface area contributed by atoms with E-state index in [9.17, 15) is 9.59 Å². The predicted molar refractivity (Wildman–Crippen MR) is 125 cm³/mol. The van der Waals surface area contributed by atoms with Crippen molar-refractivity contribution in [2.75, 3.05) is 12.0 Å². The van der Waals surface area contributed by atoms with Crippen LogP contribution in [0.5, 0.6) is 5.75 Å². The molecule has 158 valence electrons. The Bertz CT molecular complexity index is 1080. The van der Waals surface area contributed by atoms with Crippen molar-refractivity contribution in [3.05, 3.63) is 94.5 Å². The summed E-state index contributed by atoms with van der Waals surface area (Å²) in [5, 5.41) is -0.915. The number of hydrogen-bond donors (Lipinski definition) is 0. The summed E-state index contributed by atoms with van der Waals surface area (Å²) < 4.78 is 12.0. The third-order valence-corrected chi connectivity index (χ3v) is 6.58. The molecule has 31 heavy (non-hydrogen) atoms. The van der Waals surface area contributed by atoms with Gasteiger partial charge in [-0.2, -0.15) is 0 Å². The Kier molecular flexibility index (Phi) is 6.63. The predicted octanol–water partition coefficient (Wildman–Crippen LogP) is 5.98. The molecule has 1 fully saturated rings. The largest absolute Gasteiger partial charge is 0.489 e. The number of ether oxygens (including phenoxy) is 2. The molecule has 1 saturated heterocycles. The van der Waals surface area contributed by atoms with Crippen LogP contribution in [0.4, 0.5) is 10.5 Å². The number of carbonyl (C=O) groups is 2. The Hall–Kier alpha value is -2.77. The smallest absolute Gasteiger partial charge is 0.321 e. The highest BCUT2D eigenvalue weighted by Gasteiger charge is 2.48.